The molecule has 7 nitrogen and oxygen atoms in total. The van der Waals surface area contributed by atoms with Crippen molar-refractivity contribution in [2.45, 2.75) is 50.7 Å². The molecular formula is C25H30FNO6. The summed E-state index contributed by atoms with van der Waals surface area (Å²) in [6.45, 7) is 4.39. The highest BCUT2D eigenvalue weighted by Crippen LogP contribution is 2.55. The summed E-state index contributed by atoms with van der Waals surface area (Å²) in [6.07, 6.45) is 5.10. The molecule has 33 heavy (non-hydrogen) atoms. The number of ketones is 1. The first-order valence-electron chi connectivity index (χ1n) is 11.1. The summed E-state index contributed by atoms with van der Waals surface area (Å²) in [7, 11) is 3.14. The fraction of sp³-hybridized carbons (Fsp3) is 0.520. The van der Waals surface area contributed by atoms with Crippen LogP contribution in [-0.2, 0) is 14.2 Å². The zero-order valence-electron chi connectivity index (χ0n) is 19.4. The van der Waals surface area contributed by atoms with Gasteiger partial charge < -0.3 is 23.7 Å². The number of benzene rings is 1. The van der Waals surface area contributed by atoms with Crippen LogP contribution in [0.5, 0.6) is 11.5 Å². The molecule has 0 unspecified atom stereocenters. The van der Waals surface area contributed by atoms with Crippen LogP contribution in [0.15, 0.2) is 30.6 Å². The predicted molar refractivity (Wildman–Crippen MR) is 118 cm³/mol. The topological polar surface area (TPSA) is 76.1 Å². The molecule has 2 aromatic rings. The summed E-state index contributed by atoms with van der Waals surface area (Å²) in [6, 6.07) is 4.71. The molecule has 1 saturated carbocycles. The number of halogens is 1. The number of hydrogen-bond acceptors (Lipinski definition) is 7. The third-order valence-corrected chi connectivity index (χ3v) is 6.58. The lowest BCUT2D eigenvalue weighted by Crippen LogP contribution is -2.48. The smallest absolute Gasteiger partial charge is 0.196 e. The van der Waals surface area contributed by atoms with E-state index in [-0.39, 0.29) is 42.7 Å². The van der Waals surface area contributed by atoms with E-state index in [1.807, 2.05) is 0 Å². The largest absolute Gasteiger partial charge is 0.487 e. The van der Waals surface area contributed by atoms with Crippen molar-refractivity contribution in [2.75, 3.05) is 27.8 Å². The Morgan fingerprint density at radius 2 is 2.00 bits per heavy atom. The minimum Gasteiger partial charge on any atom is -0.487 e. The third-order valence-electron chi connectivity index (χ3n) is 6.58. The number of carbonyl (C=O) groups excluding carboxylic acids is 1. The van der Waals surface area contributed by atoms with Gasteiger partial charge in [0, 0.05) is 43.4 Å². The first-order valence-corrected chi connectivity index (χ1v) is 11.1. The van der Waals surface area contributed by atoms with Crippen molar-refractivity contribution in [1.82, 2.24) is 4.98 Å². The molecule has 0 bridgehead atoms. The lowest BCUT2D eigenvalue weighted by molar-refractivity contribution is -0.105. The zero-order valence-corrected chi connectivity index (χ0v) is 19.4. The molecular weight excluding hydrogens is 429 g/mol. The number of methoxy groups -OCH3 is 2. The van der Waals surface area contributed by atoms with Gasteiger partial charge in [-0.2, -0.15) is 0 Å². The Balaban J connectivity index is 1.77. The van der Waals surface area contributed by atoms with Gasteiger partial charge in [0.15, 0.2) is 18.4 Å². The van der Waals surface area contributed by atoms with E-state index in [4.69, 9.17) is 23.7 Å². The van der Waals surface area contributed by atoms with Gasteiger partial charge in [0.25, 0.3) is 0 Å². The van der Waals surface area contributed by atoms with Crippen LogP contribution in [0, 0.1) is 11.7 Å². The highest BCUT2D eigenvalue weighted by molar-refractivity contribution is 6.09. The third kappa shape index (κ3) is 4.74. The van der Waals surface area contributed by atoms with E-state index in [2.05, 4.69) is 18.8 Å². The molecule has 1 aliphatic carbocycles. The Labute approximate surface area is 193 Å². The maximum atomic E-state index is 14.3. The number of aromatic nitrogens is 1. The zero-order chi connectivity index (χ0) is 23.6. The molecule has 0 N–H and O–H groups in total. The molecule has 2 heterocycles. The van der Waals surface area contributed by atoms with Crippen LogP contribution < -0.4 is 9.47 Å². The average molecular weight is 460 g/mol. The van der Waals surface area contributed by atoms with Gasteiger partial charge >= 0.3 is 0 Å². The van der Waals surface area contributed by atoms with Gasteiger partial charge in [-0.3, -0.25) is 9.78 Å². The Kier molecular flexibility index (Phi) is 6.97. The minimum atomic E-state index is -0.675. The molecule has 1 fully saturated rings. The number of nitrogens with zero attached hydrogens (tertiary/aromatic N) is 1. The maximum Gasteiger partial charge on any atom is 0.196 e. The minimum absolute atomic E-state index is 0.0120. The quantitative estimate of drug-likeness (QED) is 0.426. The lowest BCUT2D eigenvalue weighted by atomic mass is 9.65. The second-order valence-electron chi connectivity index (χ2n) is 9.05. The number of pyridine rings is 1. The van der Waals surface area contributed by atoms with Crippen molar-refractivity contribution in [3.63, 3.8) is 0 Å². The van der Waals surface area contributed by atoms with Crippen molar-refractivity contribution < 1.29 is 32.9 Å². The van der Waals surface area contributed by atoms with E-state index in [1.165, 1.54) is 19.4 Å². The Morgan fingerprint density at radius 3 is 2.73 bits per heavy atom. The Morgan fingerprint density at radius 1 is 1.21 bits per heavy atom. The first-order chi connectivity index (χ1) is 15.9. The molecule has 1 aromatic heterocycles. The lowest BCUT2D eigenvalue weighted by Gasteiger charge is -2.49. The molecule has 2 aliphatic rings. The van der Waals surface area contributed by atoms with Crippen molar-refractivity contribution in [3.8, 4) is 11.5 Å². The summed E-state index contributed by atoms with van der Waals surface area (Å²) in [5.74, 6) is 0.286. The molecule has 0 spiro atoms. The van der Waals surface area contributed by atoms with Gasteiger partial charge in [-0.25, -0.2) is 4.39 Å². The van der Waals surface area contributed by atoms with E-state index in [1.54, 1.807) is 19.2 Å². The number of rotatable bonds is 8. The Bertz CT molecular complexity index is 1010. The molecule has 1 aliphatic heterocycles. The summed E-state index contributed by atoms with van der Waals surface area (Å²) >= 11 is 0. The second-order valence-corrected chi connectivity index (χ2v) is 9.05. The fourth-order valence-corrected chi connectivity index (χ4v) is 5.10. The van der Waals surface area contributed by atoms with Crippen LogP contribution in [0.1, 0.15) is 60.5 Å². The summed E-state index contributed by atoms with van der Waals surface area (Å²) in [4.78, 5) is 16.9. The van der Waals surface area contributed by atoms with E-state index in [0.29, 0.717) is 11.5 Å². The van der Waals surface area contributed by atoms with Crippen LogP contribution in [0.3, 0.4) is 0 Å². The second kappa shape index (κ2) is 9.75. The van der Waals surface area contributed by atoms with Crippen LogP contribution in [-0.4, -0.2) is 50.3 Å². The van der Waals surface area contributed by atoms with Crippen molar-refractivity contribution in [2.24, 2.45) is 5.92 Å². The van der Waals surface area contributed by atoms with Gasteiger partial charge in [0.05, 0.1) is 17.9 Å². The molecule has 4 rings (SSSR count). The van der Waals surface area contributed by atoms with Crippen molar-refractivity contribution in [1.29, 1.82) is 0 Å². The van der Waals surface area contributed by atoms with Crippen molar-refractivity contribution in [3.05, 3.63) is 53.1 Å². The number of ether oxygens (including phenoxy) is 5. The SMILES string of the molecule is COCOc1cc(C(=O)c2ccncc2F)cc2c1[C@@H]1C[C@H](OCOC)CC[C@H]1C(C)(C)O2. The van der Waals surface area contributed by atoms with E-state index < -0.39 is 17.2 Å². The fourth-order valence-electron chi connectivity index (χ4n) is 5.10. The number of carbonyl (C=O) groups is 1. The highest BCUT2D eigenvalue weighted by Gasteiger charge is 2.48. The normalized spacial score (nSPS) is 23.2. The van der Waals surface area contributed by atoms with Gasteiger partial charge in [0.2, 0.25) is 0 Å². The molecule has 0 amide bonds. The average Bonchev–Trinajstić information content (AvgIpc) is 2.80. The number of fused-ring (bicyclic) bond motifs is 3. The van der Waals surface area contributed by atoms with Gasteiger partial charge in [-0.05, 0) is 51.3 Å². The van der Waals surface area contributed by atoms with E-state index in [0.717, 1.165) is 31.0 Å². The molecule has 3 atom stereocenters. The summed E-state index contributed by atoms with van der Waals surface area (Å²) in [5.41, 5.74) is 0.670. The summed E-state index contributed by atoms with van der Waals surface area (Å²) in [5, 5.41) is 0. The van der Waals surface area contributed by atoms with Gasteiger partial charge in [-0.15, -0.1) is 0 Å². The molecule has 8 heteroatoms. The maximum absolute atomic E-state index is 14.3. The molecule has 178 valence electrons. The van der Waals surface area contributed by atoms with Crippen LogP contribution in [0.4, 0.5) is 4.39 Å². The highest BCUT2D eigenvalue weighted by atomic mass is 19.1. The number of hydrogen-bond donors (Lipinski definition) is 0. The molecule has 0 saturated heterocycles. The van der Waals surface area contributed by atoms with Gasteiger partial charge in [0.1, 0.15) is 23.9 Å². The Hall–Kier alpha value is -2.55. The predicted octanol–water partition coefficient (Wildman–Crippen LogP) is 4.48. The summed E-state index contributed by atoms with van der Waals surface area (Å²) < 4.78 is 42.7. The molecule has 0 radical (unpaired) electrons. The standard InChI is InChI=1S/C25H30FNO6/c1-25(2)19-6-5-16(31-13-29-3)11-18(19)23-21(32-14-30-4)9-15(10-22(23)33-25)24(28)17-7-8-27-12-20(17)26/h7-10,12,16,18-19H,5-6,11,13-14H2,1-4H3/t16-,18-,19-/m1/s1. The van der Waals surface area contributed by atoms with Crippen LogP contribution in [0.25, 0.3) is 0 Å². The van der Waals surface area contributed by atoms with Crippen LogP contribution >= 0.6 is 0 Å². The monoisotopic (exact) mass is 459 g/mol. The van der Waals surface area contributed by atoms with Gasteiger partial charge in [-0.1, -0.05) is 0 Å². The van der Waals surface area contributed by atoms with E-state index in [9.17, 15) is 9.18 Å². The van der Waals surface area contributed by atoms with E-state index >= 15 is 0 Å². The molecule has 1 aromatic carbocycles. The van der Waals surface area contributed by atoms with Crippen molar-refractivity contribution >= 4 is 5.78 Å². The van der Waals surface area contributed by atoms with Crippen LogP contribution in [0.2, 0.25) is 0 Å². The first kappa shape index (κ1) is 23.6.